The summed E-state index contributed by atoms with van der Waals surface area (Å²) in [6.45, 7) is 7.14. The fraction of sp³-hybridized carbons (Fsp3) is 0.875. The highest BCUT2D eigenvalue weighted by Gasteiger charge is 2.41. The smallest absolute Gasteiger partial charge is 0.303 e. The predicted octanol–water partition coefficient (Wildman–Crippen LogP) is 2.44. The van der Waals surface area contributed by atoms with Gasteiger partial charge in [0.2, 0.25) is 5.91 Å². The van der Waals surface area contributed by atoms with Crippen LogP contribution in [-0.2, 0) is 14.3 Å². The summed E-state index contributed by atoms with van der Waals surface area (Å²) in [6.07, 6.45) is 4.28. The van der Waals surface area contributed by atoms with E-state index in [2.05, 4.69) is 0 Å². The van der Waals surface area contributed by atoms with Gasteiger partial charge in [0, 0.05) is 19.5 Å². The van der Waals surface area contributed by atoms with E-state index in [-0.39, 0.29) is 29.4 Å². The number of rotatable bonds is 4. The number of aliphatic carboxylic acids is 1. The molecule has 5 heteroatoms. The van der Waals surface area contributed by atoms with Gasteiger partial charge in [0.1, 0.15) is 0 Å². The summed E-state index contributed by atoms with van der Waals surface area (Å²) in [6, 6.07) is 0. The number of carboxylic acid groups (broad SMARTS) is 1. The Hall–Kier alpha value is -1.10. The molecule has 0 aromatic heterocycles. The van der Waals surface area contributed by atoms with Gasteiger partial charge >= 0.3 is 5.97 Å². The Labute approximate surface area is 126 Å². The second-order valence-electron chi connectivity index (χ2n) is 7.42. The van der Waals surface area contributed by atoms with Crippen molar-refractivity contribution in [3.8, 4) is 0 Å². The maximum Gasteiger partial charge on any atom is 0.303 e. The van der Waals surface area contributed by atoms with Crippen LogP contribution in [-0.4, -0.2) is 46.7 Å². The van der Waals surface area contributed by atoms with Crippen LogP contribution in [0.5, 0.6) is 0 Å². The van der Waals surface area contributed by atoms with E-state index in [1.54, 1.807) is 0 Å². The first-order chi connectivity index (χ1) is 9.71. The molecule has 1 unspecified atom stereocenters. The molecular formula is C16H27NO4. The standard InChI is InChI=1S/C16H27NO4/c1-12-10-17(11-15(2,3)21-12)13(18)8-16(9-14(19)20)6-4-5-7-16/h12H,4-11H2,1-3H3,(H,19,20). The number of hydrogen-bond acceptors (Lipinski definition) is 3. The van der Waals surface area contributed by atoms with E-state index in [1.807, 2.05) is 25.7 Å². The molecule has 1 saturated heterocycles. The van der Waals surface area contributed by atoms with Crippen LogP contribution in [0.1, 0.15) is 59.3 Å². The molecule has 1 heterocycles. The van der Waals surface area contributed by atoms with Crippen LogP contribution >= 0.6 is 0 Å². The maximum atomic E-state index is 12.7. The van der Waals surface area contributed by atoms with Crippen molar-refractivity contribution in [2.24, 2.45) is 5.41 Å². The number of morpholine rings is 1. The van der Waals surface area contributed by atoms with Gasteiger partial charge in [-0.2, -0.15) is 0 Å². The minimum Gasteiger partial charge on any atom is -0.481 e. The normalized spacial score (nSPS) is 27.6. The van der Waals surface area contributed by atoms with E-state index < -0.39 is 5.97 Å². The number of carbonyl (C=O) groups is 2. The van der Waals surface area contributed by atoms with Gasteiger partial charge in [0.05, 0.1) is 18.1 Å². The minimum atomic E-state index is -0.791. The number of ether oxygens (including phenoxy) is 1. The molecule has 0 spiro atoms. The van der Waals surface area contributed by atoms with Crippen molar-refractivity contribution < 1.29 is 19.4 Å². The average Bonchev–Trinajstić information content (AvgIpc) is 2.73. The second kappa shape index (κ2) is 5.95. The SMILES string of the molecule is CC1CN(C(=O)CC2(CC(=O)O)CCCC2)CC(C)(C)O1. The molecule has 2 fully saturated rings. The van der Waals surface area contributed by atoms with Gasteiger partial charge in [-0.25, -0.2) is 0 Å². The monoisotopic (exact) mass is 297 g/mol. The number of carbonyl (C=O) groups excluding carboxylic acids is 1. The number of carboxylic acids is 1. The molecule has 2 aliphatic rings. The molecule has 1 amide bonds. The Morgan fingerprint density at radius 1 is 1.24 bits per heavy atom. The fourth-order valence-corrected chi connectivity index (χ4v) is 3.94. The first kappa shape index (κ1) is 16.3. The van der Waals surface area contributed by atoms with Crippen molar-refractivity contribution in [1.82, 2.24) is 4.90 Å². The molecule has 5 nitrogen and oxygen atoms in total. The molecule has 21 heavy (non-hydrogen) atoms. The molecule has 0 aromatic rings. The van der Waals surface area contributed by atoms with E-state index in [0.717, 1.165) is 25.7 Å². The third kappa shape index (κ3) is 4.19. The highest BCUT2D eigenvalue weighted by Crippen LogP contribution is 2.44. The van der Waals surface area contributed by atoms with E-state index in [0.29, 0.717) is 19.5 Å². The Balaban J connectivity index is 2.03. The third-order valence-electron chi connectivity index (χ3n) is 4.64. The lowest BCUT2D eigenvalue weighted by molar-refractivity contribution is -0.160. The van der Waals surface area contributed by atoms with Gasteiger partial charge in [0.25, 0.3) is 0 Å². The van der Waals surface area contributed by atoms with Crippen LogP contribution in [0, 0.1) is 5.41 Å². The molecule has 2 rings (SSSR count). The predicted molar refractivity (Wildman–Crippen MR) is 79.0 cm³/mol. The first-order valence-electron chi connectivity index (χ1n) is 7.89. The van der Waals surface area contributed by atoms with Crippen molar-refractivity contribution in [1.29, 1.82) is 0 Å². The summed E-state index contributed by atoms with van der Waals surface area (Å²) in [4.78, 5) is 25.6. The highest BCUT2D eigenvalue weighted by atomic mass is 16.5. The lowest BCUT2D eigenvalue weighted by atomic mass is 9.79. The summed E-state index contributed by atoms with van der Waals surface area (Å²) < 4.78 is 5.83. The molecule has 0 bridgehead atoms. The van der Waals surface area contributed by atoms with Gasteiger partial charge in [-0.3, -0.25) is 9.59 Å². The summed E-state index contributed by atoms with van der Waals surface area (Å²) in [5, 5.41) is 9.14. The number of amides is 1. The summed E-state index contributed by atoms with van der Waals surface area (Å²) in [7, 11) is 0. The Morgan fingerprint density at radius 2 is 1.86 bits per heavy atom. The second-order valence-corrected chi connectivity index (χ2v) is 7.42. The van der Waals surface area contributed by atoms with Crippen molar-refractivity contribution >= 4 is 11.9 Å². The van der Waals surface area contributed by atoms with Crippen molar-refractivity contribution in [2.75, 3.05) is 13.1 Å². The van der Waals surface area contributed by atoms with Crippen LogP contribution in [0.2, 0.25) is 0 Å². The van der Waals surface area contributed by atoms with Gasteiger partial charge in [-0.05, 0) is 39.0 Å². The Kier molecular flexibility index (Phi) is 4.61. The van der Waals surface area contributed by atoms with Gasteiger partial charge in [0.15, 0.2) is 0 Å². The van der Waals surface area contributed by atoms with Crippen molar-refractivity contribution in [3.63, 3.8) is 0 Å². The van der Waals surface area contributed by atoms with E-state index >= 15 is 0 Å². The van der Waals surface area contributed by atoms with Gasteiger partial charge in [-0.1, -0.05) is 12.8 Å². The molecular weight excluding hydrogens is 270 g/mol. The first-order valence-corrected chi connectivity index (χ1v) is 7.89. The molecule has 1 aliphatic heterocycles. The zero-order valence-corrected chi connectivity index (χ0v) is 13.4. The van der Waals surface area contributed by atoms with Crippen LogP contribution in [0.3, 0.4) is 0 Å². The van der Waals surface area contributed by atoms with Crippen LogP contribution in [0.25, 0.3) is 0 Å². The zero-order valence-electron chi connectivity index (χ0n) is 13.4. The quantitative estimate of drug-likeness (QED) is 0.865. The number of hydrogen-bond donors (Lipinski definition) is 1. The Morgan fingerprint density at radius 3 is 2.38 bits per heavy atom. The molecule has 0 radical (unpaired) electrons. The molecule has 1 aliphatic carbocycles. The highest BCUT2D eigenvalue weighted by molar-refractivity contribution is 5.78. The third-order valence-corrected chi connectivity index (χ3v) is 4.64. The zero-order chi connectivity index (χ0) is 15.7. The Bertz CT molecular complexity index is 413. The molecule has 1 N–H and O–H groups in total. The molecule has 1 saturated carbocycles. The van der Waals surface area contributed by atoms with E-state index in [1.165, 1.54) is 0 Å². The maximum absolute atomic E-state index is 12.7. The molecule has 120 valence electrons. The largest absolute Gasteiger partial charge is 0.481 e. The molecule has 1 atom stereocenters. The topological polar surface area (TPSA) is 66.8 Å². The van der Waals surface area contributed by atoms with Crippen molar-refractivity contribution in [2.45, 2.75) is 71.0 Å². The van der Waals surface area contributed by atoms with Crippen LogP contribution in [0.15, 0.2) is 0 Å². The summed E-state index contributed by atoms with van der Waals surface area (Å²) in [5.74, 6) is -0.707. The number of nitrogens with zero attached hydrogens (tertiary/aromatic N) is 1. The summed E-state index contributed by atoms with van der Waals surface area (Å²) >= 11 is 0. The van der Waals surface area contributed by atoms with Crippen LogP contribution < -0.4 is 0 Å². The molecule has 0 aromatic carbocycles. The summed E-state index contributed by atoms with van der Waals surface area (Å²) in [5.41, 5.74) is -0.655. The van der Waals surface area contributed by atoms with Crippen LogP contribution in [0.4, 0.5) is 0 Å². The lowest BCUT2D eigenvalue weighted by Crippen LogP contribution is -2.54. The van der Waals surface area contributed by atoms with Gasteiger partial charge in [-0.15, -0.1) is 0 Å². The van der Waals surface area contributed by atoms with E-state index in [9.17, 15) is 9.59 Å². The average molecular weight is 297 g/mol. The van der Waals surface area contributed by atoms with Gasteiger partial charge < -0.3 is 14.7 Å². The lowest BCUT2D eigenvalue weighted by Gasteiger charge is -2.42. The van der Waals surface area contributed by atoms with E-state index in [4.69, 9.17) is 9.84 Å². The fourth-order valence-electron chi connectivity index (χ4n) is 3.94. The minimum absolute atomic E-state index is 0.0247. The van der Waals surface area contributed by atoms with Crippen molar-refractivity contribution in [3.05, 3.63) is 0 Å².